The predicted octanol–water partition coefficient (Wildman–Crippen LogP) is 3.25. The molecule has 0 bridgehead atoms. The summed E-state index contributed by atoms with van der Waals surface area (Å²) in [5.41, 5.74) is 1.35. The highest BCUT2D eigenvalue weighted by molar-refractivity contribution is 5.89. The third kappa shape index (κ3) is 3.96. The Balaban J connectivity index is 1.49. The molecule has 1 atom stereocenters. The Labute approximate surface area is 176 Å². The Kier molecular flexibility index (Phi) is 5.03. The lowest BCUT2D eigenvalue weighted by atomic mass is 10.0. The molecule has 10 heteroatoms. The van der Waals surface area contributed by atoms with E-state index in [0.717, 1.165) is 38.1 Å². The van der Waals surface area contributed by atoms with Gasteiger partial charge in [0.1, 0.15) is 12.0 Å². The molecule has 2 aromatic heterocycles. The Bertz CT molecular complexity index is 1140. The molecule has 0 radical (unpaired) electrons. The van der Waals surface area contributed by atoms with Gasteiger partial charge in [-0.25, -0.2) is 0 Å². The molecule has 3 aromatic rings. The first-order valence-electron chi connectivity index (χ1n) is 10.1. The fraction of sp³-hybridized carbons (Fsp3) is 0.333. The first kappa shape index (κ1) is 19.8. The van der Waals surface area contributed by atoms with Gasteiger partial charge in [0.25, 0.3) is 0 Å². The molecule has 0 aliphatic carbocycles. The van der Waals surface area contributed by atoms with Crippen LogP contribution in [0.3, 0.4) is 0 Å². The number of aromatic nitrogens is 2. The molecule has 31 heavy (non-hydrogen) atoms. The minimum atomic E-state index is -4.44. The fourth-order valence-corrected chi connectivity index (χ4v) is 3.97. The highest BCUT2D eigenvalue weighted by Crippen LogP contribution is 2.35. The zero-order valence-electron chi connectivity index (χ0n) is 16.5. The van der Waals surface area contributed by atoms with Crippen molar-refractivity contribution in [3.8, 4) is 11.3 Å². The van der Waals surface area contributed by atoms with Crippen molar-refractivity contribution in [1.82, 2.24) is 25.3 Å². The van der Waals surface area contributed by atoms with Gasteiger partial charge in [0.15, 0.2) is 6.29 Å². The number of aliphatic imine (C=N–C) groups is 1. The summed E-state index contributed by atoms with van der Waals surface area (Å²) in [6.45, 7) is 1.91. The molecule has 0 saturated carbocycles. The number of fused-ring (bicyclic) bond motifs is 1. The molecule has 3 N–H and O–H groups in total. The summed E-state index contributed by atoms with van der Waals surface area (Å²) < 4.78 is 46.9. The van der Waals surface area contributed by atoms with Crippen molar-refractivity contribution in [2.24, 2.45) is 4.99 Å². The van der Waals surface area contributed by atoms with Crippen LogP contribution in [0.15, 0.2) is 52.2 Å². The summed E-state index contributed by atoms with van der Waals surface area (Å²) >= 11 is 0. The van der Waals surface area contributed by atoms with Crippen LogP contribution < -0.4 is 16.0 Å². The van der Waals surface area contributed by atoms with Crippen molar-refractivity contribution >= 4 is 17.8 Å². The average Bonchev–Trinajstić information content (AvgIpc) is 3.35. The largest absolute Gasteiger partial charge is 0.432 e. The van der Waals surface area contributed by atoms with Crippen LogP contribution in [0.4, 0.5) is 13.2 Å². The van der Waals surface area contributed by atoms with Crippen LogP contribution in [0.2, 0.25) is 0 Å². The van der Waals surface area contributed by atoms with Crippen LogP contribution in [0.1, 0.15) is 24.1 Å². The average molecular weight is 430 g/mol. The predicted molar refractivity (Wildman–Crippen MR) is 110 cm³/mol. The Hall–Kier alpha value is -3.11. The third-order valence-corrected chi connectivity index (χ3v) is 5.48. The van der Waals surface area contributed by atoms with Crippen LogP contribution >= 0.6 is 0 Å². The lowest BCUT2D eigenvalue weighted by Gasteiger charge is -2.29. The quantitative estimate of drug-likeness (QED) is 0.592. The minimum absolute atomic E-state index is 0.301. The van der Waals surface area contributed by atoms with Crippen molar-refractivity contribution in [2.75, 3.05) is 13.1 Å². The van der Waals surface area contributed by atoms with E-state index in [1.807, 2.05) is 0 Å². The van der Waals surface area contributed by atoms with E-state index in [2.05, 4.69) is 25.9 Å². The van der Waals surface area contributed by atoms with Crippen LogP contribution in [0.25, 0.3) is 22.8 Å². The number of nitrogens with zero attached hydrogens (tertiary/aromatic N) is 3. The number of rotatable bonds is 4. The molecule has 0 spiro atoms. The van der Waals surface area contributed by atoms with Gasteiger partial charge in [-0.15, -0.1) is 0 Å². The minimum Gasteiger partial charge on any atom is -0.432 e. The van der Waals surface area contributed by atoms with Gasteiger partial charge in [0, 0.05) is 24.0 Å². The summed E-state index contributed by atoms with van der Waals surface area (Å²) in [5, 5.41) is 10.2. The zero-order chi connectivity index (χ0) is 21.4. The number of alkyl halides is 3. The fourth-order valence-electron chi connectivity index (χ4n) is 3.97. The SMILES string of the molecule is FC(F)(F)c1cccc(-c2nc3occn3c2C2=CC=NC(NC3CCNCC3)N2)c1. The van der Waals surface area contributed by atoms with Gasteiger partial charge in [0.05, 0.1) is 17.0 Å². The lowest BCUT2D eigenvalue weighted by Crippen LogP contribution is -2.50. The van der Waals surface area contributed by atoms with Crippen LogP contribution in [0.5, 0.6) is 0 Å². The summed E-state index contributed by atoms with van der Waals surface area (Å²) in [5.74, 6) is 0.301. The van der Waals surface area contributed by atoms with Crippen LogP contribution in [0, 0.1) is 0 Å². The van der Waals surface area contributed by atoms with Crippen LogP contribution in [-0.2, 0) is 6.18 Å². The van der Waals surface area contributed by atoms with Gasteiger partial charge in [-0.3, -0.25) is 14.7 Å². The maximum Gasteiger partial charge on any atom is 0.416 e. The molecule has 5 rings (SSSR count). The molecule has 4 heterocycles. The standard InChI is InChI=1S/C21H21F3N6O/c22-21(23,24)14-3-1-2-13(12-14)17-18(30-10-11-31-20(30)29-17)16-6-9-26-19(28-16)27-15-4-7-25-8-5-15/h1-3,6,9-12,15,19,25,27-28H,4-5,7-8H2. The zero-order valence-corrected chi connectivity index (χ0v) is 16.5. The number of hydrogen-bond acceptors (Lipinski definition) is 6. The molecular weight excluding hydrogens is 409 g/mol. The van der Waals surface area contributed by atoms with E-state index >= 15 is 0 Å². The number of oxazole rings is 1. The van der Waals surface area contributed by atoms with Gasteiger partial charge >= 0.3 is 12.0 Å². The van der Waals surface area contributed by atoms with E-state index in [1.165, 1.54) is 12.3 Å². The normalized spacial score (nSPS) is 20.1. The molecule has 1 aromatic carbocycles. The number of hydrogen-bond donors (Lipinski definition) is 3. The second-order valence-electron chi connectivity index (χ2n) is 7.56. The van der Waals surface area contributed by atoms with Gasteiger partial charge in [-0.1, -0.05) is 12.1 Å². The van der Waals surface area contributed by atoms with E-state index in [1.54, 1.807) is 29.0 Å². The first-order valence-corrected chi connectivity index (χ1v) is 10.1. The number of allylic oxidation sites excluding steroid dienone is 1. The van der Waals surface area contributed by atoms with E-state index < -0.39 is 11.7 Å². The summed E-state index contributed by atoms with van der Waals surface area (Å²) in [6, 6.07) is 5.48. The van der Waals surface area contributed by atoms with Crippen molar-refractivity contribution < 1.29 is 17.6 Å². The number of halogens is 3. The van der Waals surface area contributed by atoms with Gasteiger partial charge in [-0.05, 0) is 44.1 Å². The number of benzene rings is 1. The van der Waals surface area contributed by atoms with Crippen LogP contribution in [-0.4, -0.2) is 41.0 Å². The first-order chi connectivity index (χ1) is 15.0. The van der Waals surface area contributed by atoms with Crippen molar-refractivity contribution in [3.05, 3.63) is 54.1 Å². The number of piperidine rings is 1. The summed E-state index contributed by atoms with van der Waals surface area (Å²) in [6.07, 6.45) is 3.89. The smallest absolute Gasteiger partial charge is 0.416 e. The van der Waals surface area contributed by atoms with Gasteiger partial charge in [-0.2, -0.15) is 18.2 Å². The van der Waals surface area contributed by atoms with Crippen molar-refractivity contribution in [1.29, 1.82) is 0 Å². The molecule has 2 aliphatic rings. The summed E-state index contributed by atoms with van der Waals surface area (Å²) in [4.78, 5) is 8.91. The highest BCUT2D eigenvalue weighted by atomic mass is 19.4. The van der Waals surface area contributed by atoms with Crippen molar-refractivity contribution in [3.63, 3.8) is 0 Å². The number of imidazole rings is 1. The molecular formula is C21H21F3N6O. The van der Waals surface area contributed by atoms with Gasteiger partial charge in [0.2, 0.25) is 0 Å². The molecule has 1 unspecified atom stereocenters. The second-order valence-corrected chi connectivity index (χ2v) is 7.56. The molecule has 162 valence electrons. The van der Waals surface area contributed by atoms with E-state index in [0.29, 0.717) is 34.5 Å². The maximum absolute atomic E-state index is 13.3. The third-order valence-electron chi connectivity index (χ3n) is 5.48. The summed E-state index contributed by atoms with van der Waals surface area (Å²) in [7, 11) is 0. The Morgan fingerprint density at radius 2 is 2.03 bits per heavy atom. The Morgan fingerprint density at radius 3 is 2.84 bits per heavy atom. The second kappa shape index (κ2) is 7.86. The number of nitrogens with one attached hydrogen (secondary N) is 3. The molecule has 7 nitrogen and oxygen atoms in total. The molecule has 0 amide bonds. The maximum atomic E-state index is 13.3. The van der Waals surface area contributed by atoms with E-state index in [9.17, 15) is 13.2 Å². The Morgan fingerprint density at radius 1 is 1.19 bits per heavy atom. The van der Waals surface area contributed by atoms with E-state index in [4.69, 9.17) is 4.42 Å². The van der Waals surface area contributed by atoms with Gasteiger partial charge < -0.3 is 15.1 Å². The molecule has 1 fully saturated rings. The van der Waals surface area contributed by atoms with E-state index in [-0.39, 0.29) is 6.29 Å². The molecule has 1 saturated heterocycles. The van der Waals surface area contributed by atoms with Crippen molar-refractivity contribution in [2.45, 2.75) is 31.3 Å². The lowest BCUT2D eigenvalue weighted by molar-refractivity contribution is -0.137. The molecule has 2 aliphatic heterocycles. The monoisotopic (exact) mass is 430 g/mol. The highest BCUT2D eigenvalue weighted by Gasteiger charge is 2.31. The topological polar surface area (TPSA) is 78.9 Å².